The van der Waals surface area contributed by atoms with Gasteiger partial charge in [-0.05, 0) is 26.0 Å². The smallest absolute Gasteiger partial charge is 0.263 e. The highest BCUT2D eigenvalue weighted by atomic mass is 32.2. The molecule has 26 heavy (non-hydrogen) atoms. The second-order valence-electron chi connectivity index (χ2n) is 5.93. The van der Waals surface area contributed by atoms with Crippen molar-refractivity contribution < 1.29 is 4.52 Å². The number of allylic oxidation sites excluding steroid dienone is 1. The van der Waals surface area contributed by atoms with Gasteiger partial charge in [0.15, 0.2) is 5.16 Å². The summed E-state index contributed by atoms with van der Waals surface area (Å²) in [6.07, 6.45) is 1.68. The van der Waals surface area contributed by atoms with E-state index in [2.05, 4.69) is 21.9 Å². The van der Waals surface area contributed by atoms with Gasteiger partial charge in [-0.2, -0.15) is 0 Å². The molecule has 0 saturated carbocycles. The summed E-state index contributed by atoms with van der Waals surface area (Å²) in [6.45, 7) is 7.94. The second-order valence-corrected chi connectivity index (χ2v) is 6.87. The standard InChI is InChI=1S/C18H17N5O2S/c1-4-9-22-16(24)13-7-5-6-8-15(13)23-17(22)19-20-18(23)26-10-14-11(2)21-25-12(14)3/h4-8H,1,9-10H2,2-3H3. The minimum Gasteiger partial charge on any atom is -0.361 e. The van der Waals surface area contributed by atoms with Crippen LogP contribution in [0.2, 0.25) is 0 Å². The van der Waals surface area contributed by atoms with Gasteiger partial charge in [-0.3, -0.25) is 13.8 Å². The lowest BCUT2D eigenvalue weighted by atomic mass is 10.2. The Labute approximate surface area is 153 Å². The Balaban J connectivity index is 1.89. The van der Waals surface area contributed by atoms with Crippen LogP contribution < -0.4 is 5.56 Å². The summed E-state index contributed by atoms with van der Waals surface area (Å²) in [7, 11) is 0. The van der Waals surface area contributed by atoms with Crippen molar-refractivity contribution in [2.75, 3.05) is 0 Å². The number of aromatic nitrogens is 5. The molecule has 132 valence electrons. The molecule has 0 unspecified atom stereocenters. The topological polar surface area (TPSA) is 78.2 Å². The van der Waals surface area contributed by atoms with E-state index in [4.69, 9.17) is 4.52 Å². The van der Waals surface area contributed by atoms with E-state index in [1.807, 2.05) is 42.5 Å². The lowest BCUT2D eigenvalue weighted by molar-refractivity contribution is 0.392. The summed E-state index contributed by atoms with van der Waals surface area (Å²) in [4.78, 5) is 12.8. The number of fused-ring (bicyclic) bond motifs is 3. The summed E-state index contributed by atoms with van der Waals surface area (Å²) in [5.74, 6) is 1.98. The van der Waals surface area contributed by atoms with E-state index in [9.17, 15) is 4.79 Å². The van der Waals surface area contributed by atoms with E-state index in [1.54, 1.807) is 10.6 Å². The fourth-order valence-corrected chi connectivity index (χ4v) is 4.06. The van der Waals surface area contributed by atoms with Crippen LogP contribution in [0.5, 0.6) is 0 Å². The van der Waals surface area contributed by atoms with Gasteiger partial charge in [-0.15, -0.1) is 16.8 Å². The molecular weight excluding hydrogens is 350 g/mol. The monoisotopic (exact) mass is 367 g/mol. The number of benzene rings is 1. The lowest BCUT2D eigenvalue weighted by Gasteiger charge is -2.09. The zero-order valence-corrected chi connectivity index (χ0v) is 15.3. The van der Waals surface area contributed by atoms with Crippen LogP contribution in [0.25, 0.3) is 16.7 Å². The SMILES string of the molecule is C=CCn1c(=O)c2ccccc2n2c(SCc3c(C)noc3C)nnc12. The van der Waals surface area contributed by atoms with Crippen molar-refractivity contribution in [2.24, 2.45) is 0 Å². The van der Waals surface area contributed by atoms with Gasteiger partial charge < -0.3 is 4.52 Å². The van der Waals surface area contributed by atoms with E-state index in [-0.39, 0.29) is 5.56 Å². The van der Waals surface area contributed by atoms with E-state index in [0.717, 1.165) is 22.5 Å². The Morgan fingerprint density at radius 1 is 1.27 bits per heavy atom. The summed E-state index contributed by atoms with van der Waals surface area (Å²) < 4.78 is 8.73. The predicted molar refractivity (Wildman–Crippen MR) is 100 cm³/mol. The van der Waals surface area contributed by atoms with Gasteiger partial charge in [-0.1, -0.05) is 35.1 Å². The van der Waals surface area contributed by atoms with Gasteiger partial charge in [-0.25, -0.2) is 0 Å². The molecule has 4 aromatic rings. The third kappa shape index (κ3) is 2.53. The third-order valence-electron chi connectivity index (χ3n) is 4.32. The van der Waals surface area contributed by atoms with Crippen molar-refractivity contribution >= 4 is 28.4 Å². The minimum absolute atomic E-state index is 0.0947. The number of thioether (sulfide) groups is 1. The first-order valence-corrected chi connectivity index (χ1v) is 9.12. The Bertz CT molecular complexity index is 1170. The highest BCUT2D eigenvalue weighted by Crippen LogP contribution is 2.27. The molecule has 0 aliphatic carbocycles. The fourth-order valence-electron chi connectivity index (χ4n) is 2.97. The molecule has 0 radical (unpaired) electrons. The Morgan fingerprint density at radius 2 is 2.08 bits per heavy atom. The molecule has 0 fully saturated rings. The van der Waals surface area contributed by atoms with Crippen LogP contribution in [-0.2, 0) is 12.3 Å². The molecule has 0 atom stereocenters. The van der Waals surface area contributed by atoms with Crippen molar-refractivity contribution in [2.45, 2.75) is 31.3 Å². The van der Waals surface area contributed by atoms with Crippen molar-refractivity contribution in [3.8, 4) is 0 Å². The summed E-state index contributed by atoms with van der Waals surface area (Å²) in [5, 5.41) is 13.9. The van der Waals surface area contributed by atoms with Crippen LogP contribution in [0, 0.1) is 13.8 Å². The molecule has 0 amide bonds. The van der Waals surface area contributed by atoms with Crippen LogP contribution in [0.4, 0.5) is 0 Å². The van der Waals surface area contributed by atoms with Crippen LogP contribution in [0.15, 0.2) is 51.4 Å². The number of nitrogens with zero attached hydrogens (tertiary/aromatic N) is 5. The van der Waals surface area contributed by atoms with Gasteiger partial charge in [0.1, 0.15) is 5.76 Å². The molecule has 3 aromatic heterocycles. The molecule has 7 nitrogen and oxygen atoms in total. The van der Waals surface area contributed by atoms with Crippen LogP contribution in [0.3, 0.4) is 0 Å². The maximum absolute atomic E-state index is 12.8. The maximum atomic E-state index is 12.8. The van der Waals surface area contributed by atoms with E-state index < -0.39 is 0 Å². The van der Waals surface area contributed by atoms with E-state index in [0.29, 0.717) is 28.6 Å². The molecule has 8 heteroatoms. The zero-order chi connectivity index (χ0) is 18.3. The molecular formula is C18H17N5O2S. The summed E-state index contributed by atoms with van der Waals surface area (Å²) in [5.41, 5.74) is 2.62. The molecule has 0 N–H and O–H groups in total. The molecule has 0 spiro atoms. The van der Waals surface area contributed by atoms with Crippen LogP contribution in [-0.4, -0.2) is 24.3 Å². The molecule has 3 heterocycles. The molecule has 4 rings (SSSR count). The summed E-state index contributed by atoms with van der Waals surface area (Å²) >= 11 is 1.54. The van der Waals surface area contributed by atoms with Gasteiger partial charge in [0.25, 0.3) is 5.56 Å². The molecule has 0 aliphatic rings. The number of hydrogen-bond acceptors (Lipinski definition) is 6. The van der Waals surface area contributed by atoms with E-state index in [1.165, 1.54) is 11.8 Å². The highest BCUT2D eigenvalue weighted by Gasteiger charge is 2.17. The number of aryl methyl sites for hydroxylation is 2. The van der Waals surface area contributed by atoms with Crippen LogP contribution >= 0.6 is 11.8 Å². The van der Waals surface area contributed by atoms with Crippen molar-refractivity contribution in [1.29, 1.82) is 0 Å². The first kappa shape index (κ1) is 16.6. The number of para-hydroxylation sites is 1. The molecule has 0 aliphatic heterocycles. The fraction of sp³-hybridized carbons (Fsp3) is 0.222. The lowest BCUT2D eigenvalue weighted by Crippen LogP contribution is -2.22. The van der Waals surface area contributed by atoms with Crippen molar-refractivity contribution in [3.05, 3.63) is 64.3 Å². The number of rotatable bonds is 5. The zero-order valence-electron chi connectivity index (χ0n) is 14.5. The number of hydrogen-bond donors (Lipinski definition) is 0. The largest absolute Gasteiger partial charge is 0.361 e. The maximum Gasteiger partial charge on any atom is 0.263 e. The minimum atomic E-state index is -0.0947. The van der Waals surface area contributed by atoms with Crippen molar-refractivity contribution in [3.63, 3.8) is 0 Å². The van der Waals surface area contributed by atoms with Gasteiger partial charge in [0.2, 0.25) is 5.78 Å². The highest BCUT2D eigenvalue weighted by molar-refractivity contribution is 7.98. The summed E-state index contributed by atoms with van der Waals surface area (Å²) in [6, 6.07) is 7.49. The normalized spacial score (nSPS) is 11.5. The third-order valence-corrected chi connectivity index (χ3v) is 5.27. The van der Waals surface area contributed by atoms with Gasteiger partial charge >= 0.3 is 0 Å². The average molecular weight is 367 g/mol. The first-order valence-electron chi connectivity index (χ1n) is 8.14. The molecule has 0 saturated heterocycles. The van der Waals surface area contributed by atoms with Gasteiger partial charge in [0, 0.05) is 17.9 Å². The van der Waals surface area contributed by atoms with Crippen LogP contribution in [0.1, 0.15) is 17.0 Å². The van der Waals surface area contributed by atoms with Crippen molar-refractivity contribution in [1.82, 2.24) is 24.3 Å². The predicted octanol–water partition coefficient (Wildman–Crippen LogP) is 3.13. The molecule has 1 aromatic carbocycles. The Kier molecular flexibility index (Phi) is 4.12. The quantitative estimate of drug-likeness (QED) is 0.398. The second kappa shape index (κ2) is 6.45. The first-order chi connectivity index (χ1) is 12.6. The Hall–Kier alpha value is -2.87. The van der Waals surface area contributed by atoms with Gasteiger partial charge in [0.05, 0.1) is 16.6 Å². The van der Waals surface area contributed by atoms with E-state index >= 15 is 0 Å². The average Bonchev–Trinajstić information content (AvgIpc) is 3.20. The molecule has 0 bridgehead atoms. The Morgan fingerprint density at radius 3 is 2.81 bits per heavy atom.